The normalized spacial score (nSPS) is 12.5. The lowest BCUT2D eigenvalue weighted by atomic mass is 10.00. The summed E-state index contributed by atoms with van der Waals surface area (Å²) in [6.45, 7) is 5.97. The van der Waals surface area contributed by atoms with E-state index in [4.69, 9.17) is 0 Å². The van der Waals surface area contributed by atoms with Crippen LogP contribution in [0.4, 0.5) is 5.69 Å². The van der Waals surface area contributed by atoms with Crippen LogP contribution in [0.2, 0.25) is 0 Å². The molecule has 0 spiro atoms. The van der Waals surface area contributed by atoms with Gasteiger partial charge in [0.2, 0.25) is 10.0 Å². The minimum atomic E-state index is -3.38. The lowest BCUT2D eigenvalue weighted by Gasteiger charge is -2.17. The van der Waals surface area contributed by atoms with Crippen LogP contribution in [0, 0.1) is 13.8 Å². The van der Waals surface area contributed by atoms with Gasteiger partial charge < -0.3 is 5.32 Å². The van der Waals surface area contributed by atoms with E-state index in [1.165, 1.54) is 11.6 Å². The molecule has 0 aliphatic carbocycles. The van der Waals surface area contributed by atoms with Crippen molar-refractivity contribution < 1.29 is 13.2 Å². The lowest BCUT2D eigenvalue weighted by molar-refractivity contribution is 0.0940. The maximum Gasteiger partial charge on any atom is 0.251 e. The van der Waals surface area contributed by atoms with Gasteiger partial charge in [-0.2, -0.15) is 0 Å². The van der Waals surface area contributed by atoms with Crippen LogP contribution in [-0.4, -0.2) is 20.6 Å². The quantitative estimate of drug-likeness (QED) is 0.873. The summed E-state index contributed by atoms with van der Waals surface area (Å²) in [4.78, 5) is 12.4. The second kappa shape index (κ2) is 7.05. The Bertz CT molecular complexity index is 860. The largest absolute Gasteiger partial charge is 0.346 e. The van der Waals surface area contributed by atoms with E-state index in [2.05, 4.69) is 16.1 Å². The number of hydrogen-bond donors (Lipinski definition) is 2. The minimum absolute atomic E-state index is 0.148. The molecule has 0 aliphatic heterocycles. The number of aryl methyl sites for hydroxylation is 2. The monoisotopic (exact) mass is 346 g/mol. The number of anilines is 1. The summed E-state index contributed by atoms with van der Waals surface area (Å²) in [6, 6.07) is 12.4. The summed E-state index contributed by atoms with van der Waals surface area (Å²) < 4.78 is 25.0. The van der Waals surface area contributed by atoms with Crippen LogP contribution in [0.5, 0.6) is 0 Å². The fourth-order valence-corrected chi connectivity index (χ4v) is 3.16. The standard InChI is InChI=1S/C18H22N2O3S/c1-12-8-9-17(13(2)10-12)14(3)19-18(21)15-6-5-7-16(11-15)20-24(4,22)23/h5-11,14,20H,1-4H3,(H,19,21). The molecule has 0 aliphatic rings. The van der Waals surface area contributed by atoms with Crippen molar-refractivity contribution in [2.75, 3.05) is 11.0 Å². The van der Waals surface area contributed by atoms with Gasteiger partial charge in [0.15, 0.2) is 0 Å². The smallest absolute Gasteiger partial charge is 0.251 e. The molecule has 0 radical (unpaired) electrons. The number of nitrogens with one attached hydrogen (secondary N) is 2. The van der Waals surface area contributed by atoms with Crippen molar-refractivity contribution in [1.29, 1.82) is 0 Å². The zero-order chi connectivity index (χ0) is 17.9. The zero-order valence-electron chi connectivity index (χ0n) is 14.3. The number of rotatable bonds is 5. The Morgan fingerprint density at radius 2 is 1.79 bits per heavy atom. The first kappa shape index (κ1) is 18.0. The summed E-state index contributed by atoms with van der Waals surface area (Å²) in [7, 11) is -3.38. The molecule has 0 fully saturated rings. The summed E-state index contributed by atoms with van der Waals surface area (Å²) in [5.41, 5.74) is 4.12. The third kappa shape index (κ3) is 4.83. The van der Waals surface area contributed by atoms with Gasteiger partial charge in [0, 0.05) is 11.3 Å². The molecule has 1 unspecified atom stereocenters. The van der Waals surface area contributed by atoms with E-state index < -0.39 is 10.0 Å². The number of amides is 1. The molecule has 128 valence electrons. The maximum atomic E-state index is 12.4. The van der Waals surface area contributed by atoms with Crippen molar-refractivity contribution in [3.63, 3.8) is 0 Å². The highest BCUT2D eigenvalue weighted by molar-refractivity contribution is 7.92. The van der Waals surface area contributed by atoms with Crippen LogP contribution in [0.25, 0.3) is 0 Å². The van der Waals surface area contributed by atoms with Crippen LogP contribution in [-0.2, 0) is 10.0 Å². The fraction of sp³-hybridized carbons (Fsp3) is 0.278. The molecule has 2 N–H and O–H groups in total. The third-order valence-corrected chi connectivity index (χ3v) is 4.27. The van der Waals surface area contributed by atoms with E-state index in [9.17, 15) is 13.2 Å². The molecule has 5 nitrogen and oxygen atoms in total. The second-order valence-corrected chi connectivity index (χ2v) is 7.76. The van der Waals surface area contributed by atoms with Gasteiger partial charge in [-0.05, 0) is 50.1 Å². The second-order valence-electron chi connectivity index (χ2n) is 6.01. The number of carbonyl (C=O) groups excluding carboxylic acids is 1. The number of hydrogen-bond acceptors (Lipinski definition) is 3. The molecule has 1 atom stereocenters. The number of sulfonamides is 1. The SMILES string of the molecule is Cc1ccc(C(C)NC(=O)c2cccc(NS(C)(=O)=O)c2)c(C)c1. The van der Waals surface area contributed by atoms with Crippen molar-refractivity contribution in [3.8, 4) is 0 Å². The molecule has 0 heterocycles. The molecule has 2 aromatic carbocycles. The molecule has 0 saturated carbocycles. The average molecular weight is 346 g/mol. The van der Waals surface area contributed by atoms with Gasteiger partial charge in [-0.15, -0.1) is 0 Å². The molecule has 0 aromatic heterocycles. The van der Waals surface area contributed by atoms with E-state index in [-0.39, 0.29) is 11.9 Å². The highest BCUT2D eigenvalue weighted by Gasteiger charge is 2.14. The Balaban J connectivity index is 2.16. The summed E-state index contributed by atoms with van der Waals surface area (Å²) in [6.07, 6.45) is 1.07. The van der Waals surface area contributed by atoms with Gasteiger partial charge in [-0.25, -0.2) is 8.42 Å². The Kier molecular flexibility index (Phi) is 5.29. The molecule has 0 bridgehead atoms. The fourth-order valence-electron chi connectivity index (χ4n) is 2.61. The molecular weight excluding hydrogens is 324 g/mol. The Hall–Kier alpha value is -2.34. The first-order valence-corrected chi connectivity index (χ1v) is 9.51. The Labute approximate surface area is 143 Å². The molecule has 2 aromatic rings. The predicted molar refractivity (Wildman–Crippen MR) is 96.7 cm³/mol. The van der Waals surface area contributed by atoms with Crippen LogP contribution in [0.3, 0.4) is 0 Å². The van der Waals surface area contributed by atoms with Crippen LogP contribution in [0.1, 0.15) is 40.0 Å². The molecular formula is C18H22N2O3S. The molecule has 24 heavy (non-hydrogen) atoms. The maximum absolute atomic E-state index is 12.4. The zero-order valence-corrected chi connectivity index (χ0v) is 15.1. The van der Waals surface area contributed by atoms with Crippen molar-refractivity contribution in [2.45, 2.75) is 26.8 Å². The number of carbonyl (C=O) groups is 1. The van der Waals surface area contributed by atoms with Crippen molar-refractivity contribution in [1.82, 2.24) is 5.32 Å². The molecule has 6 heteroatoms. The van der Waals surface area contributed by atoms with E-state index in [1.807, 2.05) is 32.9 Å². The van der Waals surface area contributed by atoms with Crippen LogP contribution < -0.4 is 10.0 Å². The van der Waals surface area contributed by atoms with Gasteiger partial charge in [-0.1, -0.05) is 29.8 Å². The highest BCUT2D eigenvalue weighted by Crippen LogP contribution is 2.19. The van der Waals surface area contributed by atoms with Crippen molar-refractivity contribution in [3.05, 3.63) is 64.7 Å². The van der Waals surface area contributed by atoms with E-state index >= 15 is 0 Å². The van der Waals surface area contributed by atoms with Crippen molar-refractivity contribution >= 4 is 21.6 Å². The molecule has 2 rings (SSSR count). The van der Waals surface area contributed by atoms with Gasteiger partial charge in [0.05, 0.1) is 12.3 Å². The van der Waals surface area contributed by atoms with Crippen LogP contribution in [0.15, 0.2) is 42.5 Å². The first-order valence-electron chi connectivity index (χ1n) is 7.61. The van der Waals surface area contributed by atoms with Gasteiger partial charge in [0.25, 0.3) is 5.91 Å². The summed E-state index contributed by atoms with van der Waals surface area (Å²) in [5, 5.41) is 2.95. The van der Waals surface area contributed by atoms with Gasteiger partial charge >= 0.3 is 0 Å². The van der Waals surface area contributed by atoms with Crippen molar-refractivity contribution in [2.24, 2.45) is 0 Å². The first-order chi connectivity index (χ1) is 11.2. The minimum Gasteiger partial charge on any atom is -0.346 e. The summed E-state index contributed by atoms with van der Waals surface area (Å²) in [5.74, 6) is -0.250. The van der Waals surface area contributed by atoms with Gasteiger partial charge in [-0.3, -0.25) is 9.52 Å². The predicted octanol–water partition coefficient (Wildman–Crippen LogP) is 3.17. The lowest BCUT2D eigenvalue weighted by Crippen LogP contribution is -2.27. The van der Waals surface area contributed by atoms with E-state index in [0.717, 1.165) is 17.4 Å². The third-order valence-electron chi connectivity index (χ3n) is 3.67. The highest BCUT2D eigenvalue weighted by atomic mass is 32.2. The van der Waals surface area contributed by atoms with Gasteiger partial charge in [0.1, 0.15) is 0 Å². The topological polar surface area (TPSA) is 75.3 Å². The van der Waals surface area contributed by atoms with E-state index in [0.29, 0.717) is 11.3 Å². The summed E-state index contributed by atoms with van der Waals surface area (Å²) >= 11 is 0. The average Bonchev–Trinajstić information content (AvgIpc) is 2.45. The Morgan fingerprint density at radius 3 is 2.42 bits per heavy atom. The molecule has 0 saturated heterocycles. The van der Waals surface area contributed by atoms with E-state index in [1.54, 1.807) is 18.2 Å². The molecule has 1 amide bonds. The number of benzene rings is 2. The Morgan fingerprint density at radius 1 is 1.08 bits per heavy atom. The van der Waals surface area contributed by atoms with Crippen LogP contribution >= 0.6 is 0 Å².